The average Bonchev–Trinajstić information content (AvgIpc) is 2.93. The monoisotopic (exact) mass is 317 g/mol. The molecule has 0 bridgehead atoms. The Morgan fingerprint density at radius 3 is 2.65 bits per heavy atom. The Morgan fingerprint density at radius 2 is 2.09 bits per heavy atom. The molecule has 2 heterocycles. The lowest BCUT2D eigenvalue weighted by atomic mass is 9.82. The van der Waals surface area contributed by atoms with Gasteiger partial charge >= 0.3 is 0 Å². The number of carbonyl (C=O) groups excluding carboxylic acids is 1. The van der Waals surface area contributed by atoms with E-state index < -0.39 is 0 Å². The largest absolute Gasteiger partial charge is 0.353 e. The first-order valence-electron chi connectivity index (χ1n) is 8.49. The number of hydrazone groups is 1. The van der Waals surface area contributed by atoms with Crippen molar-refractivity contribution < 1.29 is 4.79 Å². The lowest BCUT2D eigenvalue weighted by Gasteiger charge is -2.37. The number of hydrogen-bond acceptors (Lipinski definition) is 4. The second kappa shape index (κ2) is 8.04. The number of amides is 1. The predicted octanol–water partition coefficient (Wildman–Crippen LogP) is 2.84. The van der Waals surface area contributed by atoms with Gasteiger partial charge in [-0.2, -0.15) is 5.10 Å². The molecule has 1 aliphatic carbocycles. The van der Waals surface area contributed by atoms with Gasteiger partial charge in [-0.15, -0.1) is 0 Å². The zero-order valence-corrected chi connectivity index (χ0v) is 14.5. The molecule has 0 aromatic carbocycles. The number of carbonyl (C=O) groups is 1. The summed E-state index contributed by atoms with van der Waals surface area (Å²) in [5, 5.41) is 6.17. The van der Waals surface area contributed by atoms with Crippen LogP contribution in [-0.4, -0.2) is 45.2 Å². The van der Waals surface area contributed by atoms with Crippen molar-refractivity contribution in [3.8, 4) is 0 Å². The lowest BCUT2D eigenvalue weighted by Crippen LogP contribution is -2.41. The topological polar surface area (TPSA) is 61.7 Å². The highest BCUT2D eigenvalue weighted by molar-refractivity contribution is 5.84. The summed E-state index contributed by atoms with van der Waals surface area (Å²) in [5.74, 6) is 1.66. The van der Waals surface area contributed by atoms with Crippen LogP contribution in [-0.2, 0) is 4.79 Å². The fourth-order valence-electron chi connectivity index (χ4n) is 3.17. The molecule has 1 saturated carbocycles. The minimum atomic E-state index is 0.200. The molecule has 6 nitrogen and oxygen atoms in total. The summed E-state index contributed by atoms with van der Waals surface area (Å²) in [7, 11) is 2.01. The maximum Gasteiger partial charge on any atom is 0.230 e. The minimum Gasteiger partial charge on any atom is -0.353 e. The molecule has 126 valence electrons. The van der Waals surface area contributed by atoms with Gasteiger partial charge in [-0.1, -0.05) is 20.8 Å². The van der Waals surface area contributed by atoms with E-state index in [9.17, 15) is 4.79 Å². The van der Waals surface area contributed by atoms with Crippen LogP contribution < -0.4 is 0 Å². The Hall–Kier alpha value is -1.98. The molecule has 6 heteroatoms. The van der Waals surface area contributed by atoms with Crippen LogP contribution in [0.4, 0.5) is 0 Å². The van der Waals surface area contributed by atoms with E-state index in [1.807, 2.05) is 20.9 Å². The van der Waals surface area contributed by atoms with Crippen molar-refractivity contribution in [2.75, 3.05) is 7.05 Å². The molecule has 0 N–H and O–H groups in total. The Balaban J connectivity index is 0.000000924. The first kappa shape index (κ1) is 17.4. The van der Waals surface area contributed by atoms with Gasteiger partial charge in [0.2, 0.25) is 6.41 Å². The van der Waals surface area contributed by atoms with Crippen LogP contribution in [0.25, 0.3) is 0 Å². The lowest BCUT2D eigenvalue weighted by molar-refractivity contribution is -0.122. The number of hydrogen-bond donors (Lipinski definition) is 0. The first-order valence-corrected chi connectivity index (χ1v) is 8.49. The molecule has 1 aliphatic heterocycles. The van der Waals surface area contributed by atoms with Crippen LogP contribution in [0.15, 0.2) is 23.7 Å². The molecule has 0 radical (unpaired) electrons. The molecule has 23 heavy (non-hydrogen) atoms. The summed E-state index contributed by atoms with van der Waals surface area (Å²) >= 11 is 0. The van der Waals surface area contributed by atoms with E-state index in [2.05, 4.69) is 26.9 Å². The van der Waals surface area contributed by atoms with Crippen LogP contribution in [0.1, 0.15) is 58.2 Å². The SMILES string of the molecule is CC.CC1CC(N(C=O)/N=C2/CCC(c3cnccn3)N2C)C1. The molecule has 1 aromatic rings. The third kappa shape index (κ3) is 3.86. The fraction of sp³-hybridized carbons (Fsp3) is 0.647. The number of amidine groups is 1. The summed E-state index contributed by atoms with van der Waals surface area (Å²) in [6.07, 6.45) is 9.97. The van der Waals surface area contributed by atoms with E-state index in [0.29, 0.717) is 5.92 Å². The highest BCUT2D eigenvalue weighted by Gasteiger charge is 2.33. The normalized spacial score (nSPS) is 27.9. The van der Waals surface area contributed by atoms with Gasteiger partial charge in [0.25, 0.3) is 0 Å². The van der Waals surface area contributed by atoms with Crippen molar-refractivity contribution in [1.82, 2.24) is 19.9 Å². The third-order valence-electron chi connectivity index (χ3n) is 4.50. The highest BCUT2D eigenvalue weighted by atomic mass is 16.1. The number of aromatic nitrogens is 2. The Morgan fingerprint density at radius 1 is 1.35 bits per heavy atom. The van der Waals surface area contributed by atoms with E-state index in [0.717, 1.165) is 43.6 Å². The molecule has 1 amide bonds. The fourth-order valence-corrected chi connectivity index (χ4v) is 3.17. The van der Waals surface area contributed by atoms with Crippen LogP contribution in [0.5, 0.6) is 0 Å². The molecular weight excluding hydrogens is 290 g/mol. The van der Waals surface area contributed by atoms with E-state index in [1.165, 1.54) is 0 Å². The zero-order valence-electron chi connectivity index (χ0n) is 14.5. The molecule has 1 unspecified atom stereocenters. The number of rotatable bonds is 4. The predicted molar refractivity (Wildman–Crippen MR) is 90.6 cm³/mol. The maximum absolute atomic E-state index is 11.3. The van der Waals surface area contributed by atoms with Crippen LogP contribution in [0.3, 0.4) is 0 Å². The molecule has 1 saturated heterocycles. The van der Waals surface area contributed by atoms with Crippen molar-refractivity contribution in [3.63, 3.8) is 0 Å². The average molecular weight is 317 g/mol. The van der Waals surface area contributed by atoms with Crippen molar-refractivity contribution >= 4 is 12.2 Å². The highest BCUT2D eigenvalue weighted by Crippen LogP contribution is 2.33. The van der Waals surface area contributed by atoms with Crippen LogP contribution in [0.2, 0.25) is 0 Å². The van der Waals surface area contributed by atoms with Gasteiger partial charge in [-0.05, 0) is 25.2 Å². The Bertz CT molecular complexity index is 527. The minimum absolute atomic E-state index is 0.200. The van der Waals surface area contributed by atoms with Gasteiger partial charge in [0.1, 0.15) is 5.84 Å². The second-order valence-corrected chi connectivity index (χ2v) is 6.03. The van der Waals surface area contributed by atoms with Crippen LogP contribution >= 0.6 is 0 Å². The van der Waals surface area contributed by atoms with Crippen molar-refractivity contribution in [1.29, 1.82) is 0 Å². The van der Waals surface area contributed by atoms with E-state index in [4.69, 9.17) is 0 Å². The van der Waals surface area contributed by atoms with E-state index >= 15 is 0 Å². The van der Waals surface area contributed by atoms with Gasteiger partial charge in [-0.3, -0.25) is 14.8 Å². The molecule has 1 atom stereocenters. The summed E-state index contributed by atoms with van der Waals surface area (Å²) in [6, 6.07) is 0.472. The summed E-state index contributed by atoms with van der Waals surface area (Å²) in [5.41, 5.74) is 0.958. The Labute approximate surface area is 138 Å². The summed E-state index contributed by atoms with van der Waals surface area (Å²) in [6.45, 7) is 6.21. The van der Waals surface area contributed by atoms with Crippen LogP contribution in [0, 0.1) is 5.92 Å². The molecule has 2 fully saturated rings. The van der Waals surface area contributed by atoms with Gasteiger partial charge in [-0.25, -0.2) is 5.01 Å². The van der Waals surface area contributed by atoms with Crippen molar-refractivity contribution in [2.45, 2.75) is 58.5 Å². The van der Waals surface area contributed by atoms with Gasteiger partial charge in [0.05, 0.1) is 24.0 Å². The molecule has 1 aromatic heterocycles. The van der Waals surface area contributed by atoms with E-state index in [-0.39, 0.29) is 12.1 Å². The summed E-state index contributed by atoms with van der Waals surface area (Å²) in [4.78, 5) is 21.9. The van der Waals surface area contributed by atoms with Gasteiger partial charge in [0.15, 0.2) is 0 Å². The van der Waals surface area contributed by atoms with Gasteiger partial charge < -0.3 is 4.90 Å². The standard InChI is InChI=1S/C15H21N5O.C2H6/c1-11-7-12(8-11)20(10-21)18-15-4-3-14(19(15)2)13-9-16-5-6-17-13;1-2/h5-6,9-12,14H,3-4,7-8H2,1-2H3;1-2H3/b18-15-;. The summed E-state index contributed by atoms with van der Waals surface area (Å²) < 4.78 is 0. The maximum atomic E-state index is 11.3. The molecule has 3 rings (SSSR count). The number of likely N-dealkylation sites (tertiary alicyclic amines) is 1. The molecule has 2 aliphatic rings. The molecule has 0 spiro atoms. The van der Waals surface area contributed by atoms with Crippen molar-refractivity contribution in [2.24, 2.45) is 11.0 Å². The van der Waals surface area contributed by atoms with Crippen molar-refractivity contribution in [3.05, 3.63) is 24.3 Å². The smallest absolute Gasteiger partial charge is 0.230 e. The Kier molecular flexibility index (Phi) is 6.07. The van der Waals surface area contributed by atoms with Gasteiger partial charge in [0, 0.05) is 25.9 Å². The van der Waals surface area contributed by atoms with E-state index in [1.54, 1.807) is 23.6 Å². The third-order valence-corrected chi connectivity index (χ3v) is 4.50. The first-order chi connectivity index (χ1) is 11.2. The zero-order chi connectivity index (χ0) is 16.8. The number of nitrogens with zero attached hydrogens (tertiary/aromatic N) is 5. The molecular formula is C17H27N5O. The quantitative estimate of drug-likeness (QED) is 0.633. The second-order valence-electron chi connectivity index (χ2n) is 6.03.